The molecule has 0 aliphatic heterocycles. The molecule has 26 heavy (non-hydrogen) atoms. The Kier molecular flexibility index (Phi) is 5.12. The van der Waals surface area contributed by atoms with Crippen molar-refractivity contribution in [3.63, 3.8) is 0 Å². The zero-order valence-corrected chi connectivity index (χ0v) is 14.7. The van der Waals surface area contributed by atoms with Crippen molar-refractivity contribution < 1.29 is 9.90 Å². The van der Waals surface area contributed by atoms with Crippen molar-refractivity contribution in [2.75, 3.05) is 5.43 Å². The topological polar surface area (TPSA) is 79.5 Å². The Morgan fingerprint density at radius 2 is 1.85 bits per heavy atom. The Hall–Kier alpha value is -3.41. The maximum Gasteiger partial charge on any atom is 0.335 e. The number of hydrazone groups is 1. The molecule has 0 atom stereocenters. The number of hydrogen-bond donors (Lipinski definition) is 2. The number of benzene rings is 2. The van der Waals surface area contributed by atoms with Crippen molar-refractivity contribution in [2.45, 2.75) is 20.4 Å². The average molecular weight is 348 g/mol. The number of nitrogens with one attached hydrogen (secondary N) is 1. The van der Waals surface area contributed by atoms with Gasteiger partial charge in [0.05, 0.1) is 29.7 Å². The van der Waals surface area contributed by atoms with Gasteiger partial charge in [0.25, 0.3) is 0 Å². The van der Waals surface area contributed by atoms with Gasteiger partial charge in [-0.3, -0.25) is 10.1 Å². The zero-order valence-electron chi connectivity index (χ0n) is 14.7. The predicted molar refractivity (Wildman–Crippen MR) is 102 cm³/mol. The summed E-state index contributed by atoms with van der Waals surface area (Å²) in [5.41, 5.74) is 7.99. The van der Waals surface area contributed by atoms with Crippen molar-refractivity contribution in [3.05, 3.63) is 82.7 Å². The predicted octanol–water partition coefficient (Wildman–Crippen LogP) is 3.69. The fourth-order valence-corrected chi connectivity index (χ4v) is 2.67. The van der Waals surface area contributed by atoms with Gasteiger partial charge in [-0.2, -0.15) is 10.2 Å². The highest BCUT2D eigenvalue weighted by atomic mass is 16.4. The third kappa shape index (κ3) is 3.97. The highest BCUT2D eigenvalue weighted by Crippen LogP contribution is 2.14. The van der Waals surface area contributed by atoms with Gasteiger partial charge in [0, 0.05) is 11.3 Å². The SMILES string of the molecule is Cc1nn(Cc2ccccc2)c(C)c1C=NNc1ccc(C(=O)O)cc1. The van der Waals surface area contributed by atoms with Crippen molar-refractivity contribution >= 4 is 17.9 Å². The Bertz CT molecular complexity index is 928. The molecule has 6 nitrogen and oxygen atoms in total. The molecule has 6 heteroatoms. The first-order valence-electron chi connectivity index (χ1n) is 8.25. The fraction of sp³-hybridized carbons (Fsp3) is 0.150. The first-order chi connectivity index (χ1) is 12.5. The molecule has 2 aromatic carbocycles. The number of carboxylic acids is 1. The van der Waals surface area contributed by atoms with Gasteiger partial charge in [0.1, 0.15) is 0 Å². The van der Waals surface area contributed by atoms with E-state index < -0.39 is 5.97 Å². The second kappa shape index (κ2) is 7.65. The van der Waals surface area contributed by atoms with Crippen molar-refractivity contribution in [2.24, 2.45) is 5.10 Å². The number of carbonyl (C=O) groups is 1. The van der Waals surface area contributed by atoms with E-state index in [1.165, 1.54) is 17.7 Å². The molecular weight excluding hydrogens is 328 g/mol. The van der Waals surface area contributed by atoms with Crippen LogP contribution in [0.5, 0.6) is 0 Å². The number of aromatic carboxylic acids is 1. The normalized spacial score (nSPS) is 11.0. The van der Waals surface area contributed by atoms with E-state index in [9.17, 15) is 4.79 Å². The summed E-state index contributed by atoms with van der Waals surface area (Å²) in [6.07, 6.45) is 1.74. The van der Waals surface area contributed by atoms with Crippen molar-refractivity contribution in [1.29, 1.82) is 0 Å². The molecule has 0 bridgehead atoms. The fourth-order valence-electron chi connectivity index (χ4n) is 2.67. The minimum atomic E-state index is -0.947. The van der Waals surface area contributed by atoms with Gasteiger partial charge in [-0.25, -0.2) is 4.79 Å². The van der Waals surface area contributed by atoms with E-state index in [1.54, 1.807) is 18.3 Å². The molecule has 0 saturated carbocycles. The Labute approximate surface area is 151 Å². The summed E-state index contributed by atoms with van der Waals surface area (Å²) >= 11 is 0. The van der Waals surface area contributed by atoms with Gasteiger partial charge in [-0.1, -0.05) is 30.3 Å². The molecule has 3 rings (SSSR count). The van der Waals surface area contributed by atoms with Crippen molar-refractivity contribution in [3.8, 4) is 0 Å². The number of carboxylic acid groups (broad SMARTS) is 1. The monoisotopic (exact) mass is 348 g/mol. The minimum absolute atomic E-state index is 0.244. The van der Waals surface area contributed by atoms with Gasteiger partial charge < -0.3 is 5.11 Å². The number of rotatable bonds is 6. The van der Waals surface area contributed by atoms with Crippen LogP contribution in [0.3, 0.4) is 0 Å². The number of aromatic nitrogens is 2. The number of nitrogens with zero attached hydrogens (tertiary/aromatic N) is 3. The smallest absolute Gasteiger partial charge is 0.335 e. The van der Waals surface area contributed by atoms with Gasteiger partial charge in [-0.15, -0.1) is 0 Å². The van der Waals surface area contributed by atoms with Crippen LogP contribution < -0.4 is 5.43 Å². The third-order valence-electron chi connectivity index (χ3n) is 4.13. The lowest BCUT2D eigenvalue weighted by molar-refractivity contribution is 0.0697. The maximum absolute atomic E-state index is 10.9. The van der Waals surface area contributed by atoms with Crippen LogP contribution in [0.2, 0.25) is 0 Å². The Morgan fingerprint density at radius 1 is 1.15 bits per heavy atom. The molecule has 0 amide bonds. The molecule has 0 saturated heterocycles. The van der Waals surface area contributed by atoms with E-state index in [1.807, 2.05) is 36.7 Å². The first-order valence-corrected chi connectivity index (χ1v) is 8.25. The summed E-state index contributed by atoms with van der Waals surface area (Å²) in [5, 5.41) is 17.8. The molecule has 132 valence electrons. The summed E-state index contributed by atoms with van der Waals surface area (Å²) in [4.78, 5) is 10.9. The molecule has 0 radical (unpaired) electrons. The molecule has 1 aromatic heterocycles. The average Bonchev–Trinajstić information content (AvgIpc) is 2.90. The lowest BCUT2D eigenvalue weighted by Gasteiger charge is -2.04. The van der Waals surface area contributed by atoms with Crippen LogP contribution in [-0.2, 0) is 6.54 Å². The molecule has 1 heterocycles. The van der Waals surface area contributed by atoms with Gasteiger partial charge in [0.15, 0.2) is 0 Å². The Balaban J connectivity index is 1.71. The van der Waals surface area contributed by atoms with E-state index in [0.29, 0.717) is 6.54 Å². The standard InChI is InChI=1S/C20H20N4O2/c1-14-19(12-21-22-18-10-8-17(9-11-18)20(25)26)15(2)24(23-14)13-16-6-4-3-5-7-16/h3-12,22H,13H2,1-2H3,(H,25,26). The van der Waals surface area contributed by atoms with Crippen LogP contribution in [0, 0.1) is 13.8 Å². The van der Waals surface area contributed by atoms with E-state index in [4.69, 9.17) is 5.11 Å². The van der Waals surface area contributed by atoms with E-state index >= 15 is 0 Å². The second-order valence-electron chi connectivity index (χ2n) is 5.98. The lowest BCUT2D eigenvalue weighted by Crippen LogP contribution is -2.04. The van der Waals surface area contributed by atoms with Crippen LogP contribution >= 0.6 is 0 Å². The lowest BCUT2D eigenvalue weighted by atomic mass is 10.2. The number of hydrogen-bond acceptors (Lipinski definition) is 4. The third-order valence-corrected chi connectivity index (χ3v) is 4.13. The second-order valence-corrected chi connectivity index (χ2v) is 5.98. The summed E-state index contributed by atoms with van der Waals surface area (Å²) in [5.74, 6) is -0.947. The molecule has 3 aromatic rings. The van der Waals surface area contributed by atoms with Crippen LogP contribution in [0.1, 0.15) is 32.9 Å². The van der Waals surface area contributed by atoms with Crippen LogP contribution in [-0.4, -0.2) is 27.1 Å². The van der Waals surface area contributed by atoms with Crippen molar-refractivity contribution in [1.82, 2.24) is 9.78 Å². The maximum atomic E-state index is 10.9. The number of aryl methyl sites for hydroxylation is 1. The molecule has 0 aliphatic carbocycles. The quantitative estimate of drug-likeness (QED) is 0.526. The van der Waals surface area contributed by atoms with Gasteiger partial charge >= 0.3 is 5.97 Å². The summed E-state index contributed by atoms with van der Waals surface area (Å²) < 4.78 is 1.97. The molecular formula is C20H20N4O2. The summed E-state index contributed by atoms with van der Waals surface area (Å²) in [6.45, 7) is 4.69. The van der Waals surface area contributed by atoms with Crippen LogP contribution in [0.25, 0.3) is 0 Å². The van der Waals surface area contributed by atoms with Crippen LogP contribution in [0.15, 0.2) is 59.7 Å². The zero-order chi connectivity index (χ0) is 18.5. The number of anilines is 1. The molecule has 0 fully saturated rings. The Morgan fingerprint density at radius 3 is 2.50 bits per heavy atom. The summed E-state index contributed by atoms with van der Waals surface area (Å²) in [6, 6.07) is 16.6. The minimum Gasteiger partial charge on any atom is -0.478 e. The van der Waals surface area contributed by atoms with Crippen LogP contribution in [0.4, 0.5) is 5.69 Å². The first kappa shape index (κ1) is 17.4. The highest BCUT2D eigenvalue weighted by Gasteiger charge is 2.10. The van der Waals surface area contributed by atoms with E-state index in [2.05, 4.69) is 27.8 Å². The molecule has 0 spiro atoms. The molecule has 0 unspecified atom stereocenters. The molecule has 0 aliphatic rings. The summed E-state index contributed by atoms with van der Waals surface area (Å²) in [7, 11) is 0. The van der Waals surface area contributed by atoms with E-state index in [-0.39, 0.29) is 5.56 Å². The largest absolute Gasteiger partial charge is 0.478 e. The molecule has 2 N–H and O–H groups in total. The highest BCUT2D eigenvalue weighted by molar-refractivity contribution is 5.88. The van der Waals surface area contributed by atoms with Gasteiger partial charge in [-0.05, 0) is 43.7 Å². The van der Waals surface area contributed by atoms with E-state index in [0.717, 1.165) is 22.6 Å². The van der Waals surface area contributed by atoms with Gasteiger partial charge in [0.2, 0.25) is 0 Å².